The first kappa shape index (κ1) is 18.0. The number of amides is 2. The van der Waals surface area contributed by atoms with E-state index < -0.39 is 17.2 Å². The van der Waals surface area contributed by atoms with Crippen LogP contribution in [0.2, 0.25) is 0 Å². The second-order valence-corrected chi connectivity index (χ2v) is 8.65. The number of piperidine rings is 1. The molecule has 2 aliphatic heterocycles. The number of anilines is 1. The number of hydrogen-bond donors (Lipinski definition) is 1. The first-order chi connectivity index (χ1) is 11.8. The maximum atomic E-state index is 12.7. The lowest BCUT2D eigenvalue weighted by molar-refractivity contribution is -0.0313. The molecule has 2 atom stereocenters. The fraction of sp³-hybridized carbons (Fsp3) is 0.667. The van der Waals surface area contributed by atoms with E-state index in [2.05, 4.69) is 5.32 Å². The van der Waals surface area contributed by atoms with Crippen molar-refractivity contribution in [1.82, 2.24) is 4.90 Å². The van der Waals surface area contributed by atoms with Crippen molar-refractivity contribution in [3.8, 4) is 0 Å². The number of rotatable bonds is 3. The van der Waals surface area contributed by atoms with E-state index in [9.17, 15) is 9.59 Å². The van der Waals surface area contributed by atoms with Gasteiger partial charge in [0.05, 0.1) is 11.2 Å². The molecule has 6 nitrogen and oxygen atoms in total. The zero-order chi connectivity index (χ0) is 18.1. The minimum atomic E-state index is -0.535. The van der Waals surface area contributed by atoms with Crippen LogP contribution in [0, 0.1) is 0 Å². The van der Waals surface area contributed by atoms with E-state index in [1.807, 2.05) is 42.5 Å². The van der Waals surface area contributed by atoms with E-state index in [0.717, 1.165) is 37.8 Å². The normalized spacial score (nSPS) is 25.6. The molecule has 3 heterocycles. The average molecular weight is 366 g/mol. The molecule has 2 saturated heterocycles. The number of fused-ring (bicyclic) bond motifs is 2. The summed E-state index contributed by atoms with van der Waals surface area (Å²) in [6.07, 6.45) is 3.88. The van der Waals surface area contributed by atoms with Crippen LogP contribution in [0.5, 0.6) is 0 Å². The molecule has 138 valence electrons. The van der Waals surface area contributed by atoms with Gasteiger partial charge in [-0.15, -0.1) is 0 Å². The van der Waals surface area contributed by atoms with E-state index >= 15 is 0 Å². The lowest BCUT2D eigenvalue weighted by Gasteiger charge is -2.44. The van der Waals surface area contributed by atoms with Gasteiger partial charge < -0.3 is 9.47 Å². The fourth-order valence-corrected chi connectivity index (χ4v) is 4.40. The first-order valence-corrected chi connectivity index (χ1v) is 9.72. The standard InChI is InChI=1S/C18H26N2O4S/c1-17(2,3)24-16(22)20-14-5-4-8-18(20,9-6-14)12-23-15(21)19-13-7-10-25-11-13/h7,10-11,14H,4-6,8-9,12H2,1-3H3,(H,19,21). The highest BCUT2D eigenvalue weighted by molar-refractivity contribution is 7.08. The van der Waals surface area contributed by atoms with Gasteiger partial charge >= 0.3 is 12.2 Å². The topological polar surface area (TPSA) is 67.9 Å². The van der Waals surface area contributed by atoms with E-state index in [4.69, 9.17) is 9.47 Å². The summed E-state index contributed by atoms with van der Waals surface area (Å²) in [6.45, 7) is 5.81. The maximum Gasteiger partial charge on any atom is 0.411 e. The van der Waals surface area contributed by atoms with Crippen molar-refractivity contribution in [3.63, 3.8) is 0 Å². The van der Waals surface area contributed by atoms with Crippen LogP contribution < -0.4 is 5.32 Å². The predicted molar refractivity (Wildman–Crippen MR) is 97.0 cm³/mol. The SMILES string of the molecule is CC(C)(C)OC(=O)N1C2CCCC1(COC(=O)Nc1ccsc1)CC2. The van der Waals surface area contributed by atoms with Crippen molar-refractivity contribution in [2.75, 3.05) is 11.9 Å². The number of nitrogens with one attached hydrogen (secondary N) is 1. The van der Waals surface area contributed by atoms with Gasteiger partial charge in [0, 0.05) is 11.4 Å². The molecular weight excluding hydrogens is 340 g/mol. The first-order valence-electron chi connectivity index (χ1n) is 8.77. The van der Waals surface area contributed by atoms with Crippen LogP contribution in [0.1, 0.15) is 52.9 Å². The lowest BCUT2D eigenvalue weighted by Crippen LogP contribution is -2.57. The Kier molecular flexibility index (Phi) is 4.95. The van der Waals surface area contributed by atoms with Gasteiger partial charge in [0.1, 0.15) is 12.2 Å². The minimum absolute atomic E-state index is 0.187. The number of carbonyl (C=O) groups excluding carboxylic acids is 2. The van der Waals surface area contributed by atoms with Crippen molar-refractivity contribution in [2.24, 2.45) is 0 Å². The Morgan fingerprint density at radius 2 is 2.16 bits per heavy atom. The summed E-state index contributed by atoms with van der Waals surface area (Å²) in [5, 5.41) is 6.45. The number of thiophene rings is 1. The Hall–Kier alpha value is -1.76. The molecule has 2 aliphatic rings. The van der Waals surface area contributed by atoms with E-state index in [0.29, 0.717) is 0 Å². The van der Waals surface area contributed by atoms with Gasteiger partial charge in [0.15, 0.2) is 0 Å². The van der Waals surface area contributed by atoms with Crippen LogP contribution in [0.3, 0.4) is 0 Å². The molecule has 2 amide bonds. The maximum absolute atomic E-state index is 12.7. The molecule has 0 spiro atoms. The number of hydrogen-bond acceptors (Lipinski definition) is 5. The predicted octanol–water partition coefficient (Wildman–Crippen LogP) is 4.62. The summed E-state index contributed by atoms with van der Waals surface area (Å²) < 4.78 is 11.1. The molecule has 2 bridgehead atoms. The average Bonchev–Trinajstić information content (AvgIpc) is 3.09. The van der Waals surface area contributed by atoms with Gasteiger partial charge in [-0.25, -0.2) is 9.59 Å². The molecule has 1 aromatic rings. The molecular formula is C18H26N2O4S. The van der Waals surface area contributed by atoms with Crippen LogP contribution in [0.4, 0.5) is 15.3 Å². The third-order valence-corrected chi connectivity index (χ3v) is 5.51. The van der Waals surface area contributed by atoms with Crippen molar-refractivity contribution in [2.45, 2.75) is 70.1 Å². The van der Waals surface area contributed by atoms with Crippen LogP contribution in [-0.4, -0.2) is 40.9 Å². The summed E-state index contributed by atoms with van der Waals surface area (Å²) in [5.74, 6) is 0. The van der Waals surface area contributed by atoms with Crippen molar-refractivity contribution >= 4 is 29.2 Å². The summed E-state index contributed by atoms with van der Waals surface area (Å²) >= 11 is 1.51. The Morgan fingerprint density at radius 1 is 1.36 bits per heavy atom. The minimum Gasteiger partial charge on any atom is -0.447 e. The molecule has 0 aliphatic carbocycles. The zero-order valence-electron chi connectivity index (χ0n) is 15.0. The van der Waals surface area contributed by atoms with Crippen LogP contribution >= 0.6 is 11.3 Å². The third-order valence-electron chi connectivity index (χ3n) is 4.83. The van der Waals surface area contributed by atoms with Crippen LogP contribution in [-0.2, 0) is 9.47 Å². The number of nitrogens with zero attached hydrogens (tertiary/aromatic N) is 1. The Bertz CT molecular complexity index is 622. The second kappa shape index (κ2) is 6.86. The van der Waals surface area contributed by atoms with Crippen molar-refractivity contribution in [1.29, 1.82) is 0 Å². The molecule has 0 saturated carbocycles. The molecule has 2 unspecified atom stereocenters. The summed E-state index contributed by atoms with van der Waals surface area (Å²) in [6, 6.07) is 2.01. The lowest BCUT2D eigenvalue weighted by atomic mass is 9.89. The smallest absolute Gasteiger partial charge is 0.411 e. The molecule has 1 N–H and O–H groups in total. The van der Waals surface area contributed by atoms with Gasteiger partial charge in [0.2, 0.25) is 0 Å². The van der Waals surface area contributed by atoms with Gasteiger partial charge in [-0.1, -0.05) is 0 Å². The molecule has 3 rings (SSSR count). The molecule has 25 heavy (non-hydrogen) atoms. The number of ether oxygens (including phenoxy) is 2. The molecule has 2 fully saturated rings. The highest BCUT2D eigenvalue weighted by atomic mass is 32.1. The van der Waals surface area contributed by atoms with Crippen LogP contribution in [0.25, 0.3) is 0 Å². The third kappa shape index (κ3) is 4.08. The highest BCUT2D eigenvalue weighted by Gasteiger charge is 2.53. The highest BCUT2D eigenvalue weighted by Crippen LogP contribution is 2.45. The monoisotopic (exact) mass is 366 g/mol. The van der Waals surface area contributed by atoms with Gasteiger partial charge in [0.25, 0.3) is 0 Å². The molecule has 0 aromatic carbocycles. The molecule has 1 aromatic heterocycles. The summed E-state index contributed by atoms with van der Waals surface area (Å²) in [5.41, 5.74) is -0.242. The Morgan fingerprint density at radius 3 is 2.84 bits per heavy atom. The van der Waals surface area contributed by atoms with Crippen molar-refractivity contribution in [3.05, 3.63) is 16.8 Å². The van der Waals surface area contributed by atoms with Gasteiger partial charge in [-0.2, -0.15) is 11.3 Å². The Balaban J connectivity index is 1.66. The van der Waals surface area contributed by atoms with E-state index in [1.54, 1.807) is 0 Å². The fourth-order valence-electron chi connectivity index (χ4n) is 3.81. The zero-order valence-corrected chi connectivity index (χ0v) is 15.9. The molecule has 0 radical (unpaired) electrons. The van der Waals surface area contributed by atoms with Crippen LogP contribution in [0.15, 0.2) is 16.8 Å². The largest absolute Gasteiger partial charge is 0.447 e. The summed E-state index contributed by atoms with van der Waals surface area (Å²) in [7, 11) is 0. The van der Waals surface area contributed by atoms with Gasteiger partial charge in [-0.3, -0.25) is 10.2 Å². The van der Waals surface area contributed by atoms with E-state index in [1.165, 1.54) is 11.3 Å². The Labute approximate surface area is 152 Å². The second-order valence-electron chi connectivity index (χ2n) is 7.87. The quantitative estimate of drug-likeness (QED) is 0.847. The van der Waals surface area contributed by atoms with Crippen molar-refractivity contribution < 1.29 is 19.1 Å². The van der Waals surface area contributed by atoms with E-state index in [-0.39, 0.29) is 18.7 Å². The van der Waals surface area contributed by atoms with Gasteiger partial charge in [-0.05, 0) is 64.3 Å². The summed E-state index contributed by atoms with van der Waals surface area (Å²) in [4.78, 5) is 26.6. The number of carbonyl (C=O) groups is 2. The molecule has 7 heteroatoms.